The van der Waals surface area contributed by atoms with E-state index < -0.39 is 12.7 Å². The van der Waals surface area contributed by atoms with Gasteiger partial charge in [-0.25, -0.2) is 4.79 Å². The highest BCUT2D eigenvalue weighted by Crippen LogP contribution is 2.23. The van der Waals surface area contributed by atoms with Crippen LogP contribution in [0.15, 0.2) is 24.3 Å². The van der Waals surface area contributed by atoms with Gasteiger partial charge in [0.05, 0.1) is 6.04 Å². The molecule has 1 amide bonds. The van der Waals surface area contributed by atoms with E-state index in [2.05, 4.69) is 10.1 Å². The van der Waals surface area contributed by atoms with E-state index in [9.17, 15) is 13.6 Å². The second-order valence-corrected chi connectivity index (χ2v) is 3.25. The zero-order valence-corrected chi connectivity index (χ0v) is 9.38. The number of alkyl carbamates (subject to hydrolysis) is 1. The summed E-state index contributed by atoms with van der Waals surface area (Å²) in [5.41, 5.74) is 0.670. The molecular formula is C10H10ClF2NO3. The van der Waals surface area contributed by atoms with Crippen molar-refractivity contribution in [1.29, 1.82) is 0 Å². The maximum atomic E-state index is 12.0. The Hall–Kier alpha value is -1.56. The molecule has 94 valence electrons. The van der Waals surface area contributed by atoms with Crippen molar-refractivity contribution in [1.82, 2.24) is 5.32 Å². The summed E-state index contributed by atoms with van der Waals surface area (Å²) in [4.78, 5) is 10.8. The van der Waals surface area contributed by atoms with Crippen LogP contribution in [0.4, 0.5) is 13.6 Å². The van der Waals surface area contributed by atoms with Gasteiger partial charge in [0.25, 0.3) is 0 Å². The van der Waals surface area contributed by atoms with Crippen LogP contribution < -0.4 is 10.1 Å². The van der Waals surface area contributed by atoms with Crippen molar-refractivity contribution < 1.29 is 23.0 Å². The molecule has 0 radical (unpaired) electrons. The highest BCUT2D eigenvalue weighted by atomic mass is 35.5. The lowest BCUT2D eigenvalue weighted by atomic mass is 10.1. The minimum absolute atomic E-state index is 0. The summed E-state index contributed by atoms with van der Waals surface area (Å²) in [5, 5.41) is 2.55. The van der Waals surface area contributed by atoms with Crippen LogP contribution in [0.3, 0.4) is 0 Å². The van der Waals surface area contributed by atoms with E-state index >= 15 is 0 Å². The summed E-state index contributed by atoms with van der Waals surface area (Å²) >= 11 is 0. The first-order valence-corrected chi connectivity index (χ1v) is 4.63. The van der Waals surface area contributed by atoms with Gasteiger partial charge < -0.3 is 14.8 Å². The van der Waals surface area contributed by atoms with Crippen LogP contribution in [0.5, 0.6) is 5.75 Å². The SMILES string of the molecule is Cl.O=C1N[C@H](c2cccc(OC(F)F)c2)CO1. The summed E-state index contributed by atoms with van der Waals surface area (Å²) in [5.74, 6) is 0.0636. The number of hydrogen-bond donors (Lipinski definition) is 1. The Bertz CT molecular complexity index is 403. The van der Waals surface area contributed by atoms with Gasteiger partial charge in [0.15, 0.2) is 0 Å². The number of benzene rings is 1. The van der Waals surface area contributed by atoms with E-state index in [0.717, 1.165) is 0 Å². The van der Waals surface area contributed by atoms with Crippen LogP contribution in [0, 0.1) is 0 Å². The molecule has 1 aromatic rings. The molecule has 1 aliphatic rings. The number of carbonyl (C=O) groups is 1. The third kappa shape index (κ3) is 3.45. The third-order valence-electron chi connectivity index (χ3n) is 2.16. The fraction of sp³-hybridized carbons (Fsp3) is 0.300. The van der Waals surface area contributed by atoms with Crippen molar-refractivity contribution in [3.8, 4) is 5.75 Å². The van der Waals surface area contributed by atoms with Gasteiger partial charge in [-0.3, -0.25) is 0 Å². The van der Waals surface area contributed by atoms with Crippen molar-refractivity contribution in [2.75, 3.05) is 6.61 Å². The highest BCUT2D eigenvalue weighted by Gasteiger charge is 2.24. The fourth-order valence-corrected chi connectivity index (χ4v) is 1.47. The lowest BCUT2D eigenvalue weighted by molar-refractivity contribution is -0.0499. The van der Waals surface area contributed by atoms with Gasteiger partial charge in [0.1, 0.15) is 12.4 Å². The van der Waals surface area contributed by atoms with Gasteiger partial charge in [-0.15, -0.1) is 12.4 Å². The van der Waals surface area contributed by atoms with Crippen LogP contribution in [-0.4, -0.2) is 19.3 Å². The molecular weight excluding hydrogens is 256 g/mol. The summed E-state index contributed by atoms with van der Waals surface area (Å²) in [6.07, 6.45) is -0.509. The van der Waals surface area contributed by atoms with Crippen molar-refractivity contribution in [3.05, 3.63) is 29.8 Å². The molecule has 17 heavy (non-hydrogen) atoms. The summed E-state index contributed by atoms with van der Waals surface area (Å²) < 4.78 is 32.9. The van der Waals surface area contributed by atoms with Crippen molar-refractivity contribution in [2.45, 2.75) is 12.7 Å². The van der Waals surface area contributed by atoms with Gasteiger partial charge in [-0.1, -0.05) is 12.1 Å². The fourth-order valence-electron chi connectivity index (χ4n) is 1.47. The number of rotatable bonds is 3. The Kier molecular flexibility index (Phi) is 4.51. The Balaban J connectivity index is 0.00000144. The predicted molar refractivity (Wildman–Crippen MR) is 57.5 cm³/mol. The molecule has 1 atom stereocenters. The minimum atomic E-state index is -2.86. The molecule has 2 rings (SSSR count). The van der Waals surface area contributed by atoms with Crippen LogP contribution >= 0.6 is 12.4 Å². The Labute approximate surface area is 102 Å². The largest absolute Gasteiger partial charge is 0.447 e. The number of alkyl halides is 2. The van der Waals surface area contributed by atoms with E-state index in [4.69, 9.17) is 4.74 Å². The number of hydrogen-bond acceptors (Lipinski definition) is 3. The number of halogens is 3. The van der Waals surface area contributed by atoms with Gasteiger partial charge in [-0.05, 0) is 17.7 Å². The van der Waals surface area contributed by atoms with Gasteiger partial charge in [0.2, 0.25) is 0 Å². The minimum Gasteiger partial charge on any atom is -0.447 e. The van der Waals surface area contributed by atoms with Crippen LogP contribution in [-0.2, 0) is 4.74 Å². The first kappa shape index (κ1) is 13.5. The van der Waals surface area contributed by atoms with Crippen LogP contribution in [0.25, 0.3) is 0 Å². The maximum Gasteiger partial charge on any atom is 0.407 e. The molecule has 0 saturated carbocycles. The van der Waals surface area contributed by atoms with Crippen molar-refractivity contribution in [2.24, 2.45) is 0 Å². The zero-order valence-electron chi connectivity index (χ0n) is 8.56. The summed E-state index contributed by atoms with van der Waals surface area (Å²) in [6, 6.07) is 5.85. The van der Waals surface area contributed by atoms with Crippen molar-refractivity contribution >= 4 is 18.5 Å². The number of nitrogens with one attached hydrogen (secondary N) is 1. The quantitative estimate of drug-likeness (QED) is 0.913. The number of ether oxygens (including phenoxy) is 2. The Morgan fingerprint density at radius 1 is 1.47 bits per heavy atom. The van der Waals surface area contributed by atoms with Crippen LogP contribution in [0.2, 0.25) is 0 Å². The summed E-state index contributed by atoms with van der Waals surface area (Å²) in [7, 11) is 0. The average molecular weight is 266 g/mol. The third-order valence-corrected chi connectivity index (χ3v) is 2.16. The number of cyclic esters (lactones) is 1. The molecule has 7 heteroatoms. The molecule has 0 spiro atoms. The molecule has 1 saturated heterocycles. The molecule has 1 N–H and O–H groups in total. The molecule has 1 fully saturated rings. The molecule has 0 unspecified atom stereocenters. The predicted octanol–water partition coefficient (Wildman–Crippen LogP) is 2.49. The van der Waals surface area contributed by atoms with Crippen LogP contribution in [0.1, 0.15) is 11.6 Å². The lowest BCUT2D eigenvalue weighted by Gasteiger charge is -2.10. The van der Waals surface area contributed by atoms with Gasteiger partial charge in [0, 0.05) is 0 Å². The van der Waals surface area contributed by atoms with E-state index in [1.807, 2.05) is 0 Å². The number of carbonyl (C=O) groups excluding carboxylic acids is 1. The van der Waals surface area contributed by atoms with Gasteiger partial charge in [-0.2, -0.15) is 8.78 Å². The van der Waals surface area contributed by atoms with E-state index in [1.165, 1.54) is 12.1 Å². The molecule has 0 bridgehead atoms. The van der Waals surface area contributed by atoms with Gasteiger partial charge >= 0.3 is 12.7 Å². The second-order valence-electron chi connectivity index (χ2n) is 3.25. The first-order valence-electron chi connectivity index (χ1n) is 4.63. The maximum absolute atomic E-state index is 12.0. The molecule has 1 aromatic carbocycles. The monoisotopic (exact) mass is 265 g/mol. The normalized spacial score (nSPS) is 18.3. The van der Waals surface area contributed by atoms with E-state index in [0.29, 0.717) is 5.56 Å². The molecule has 1 aliphatic heterocycles. The lowest BCUT2D eigenvalue weighted by Crippen LogP contribution is -2.18. The Morgan fingerprint density at radius 2 is 2.24 bits per heavy atom. The molecule has 1 heterocycles. The molecule has 0 aromatic heterocycles. The highest BCUT2D eigenvalue weighted by molar-refractivity contribution is 5.85. The van der Waals surface area contributed by atoms with E-state index in [-0.39, 0.29) is 30.8 Å². The Morgan fingerprint density at radius 3 is 2.82 bits per heavy atom. The molecule has 0 aliphatic carbocycles. The first-order chi connectivity index (χ1) is 7.65. The standard InChI is InChI=1S/C10H9F2NO3.ClH/c11-9(12)16-7-3-1-2-6(4-7)8-5-15-10(14)13-8;/h1-4,8-9H,5H2,(H,13,14);1H/t8-;/m0./s1. The van der Waals surface area contributed by atoms with Crippen molar-refractivity contribution in [3.63, 3.8) is 0 Å². The van der Waals surface area contributed by atoms with E-state index in [1.54, 1.807) is 12.1 Å². The molecule has 4 nitrogen and oxygen atoms in total. The average Bonchev–Trinajstić information content (AvgIpc) is 2.64. The summed E-state index contributed by atoms with van der Waals surface area (Å²) in [6.45, 7) is -2.67. The zero-order chi connectivity index (χ0) is 11.5. The second kappa shape index (κ2) is 5.67. The topological polar surface area (TPSA) is 47.6 Å². The smallest absolute Gasteiger partial charge is 0.407 e. The number of amides is 1.